The van der Waals surface area contributed by atoms with Crippen LogP contribution < -0.4 is 0 Å². The number of alkyl halides is 4. The van der Waals surface area contributed by atoms with Crippen molar-refractivity contribution in [1.29, 1.82) is 0 Å². The van der Waals surface area contributed by atoms with Crippen LogP contribution in [0.25, 0.3) is 0 Å². The molecule has 0 bridgehead atoms. The smallest absolute Gasteiger partial charge is 0.166 e. The Kier molecular flexibility index (Phi) is 4.15. The average molecular weight is 285 g/mol. The third-order valence-corrected chi connectivity index (χ3v) is 3.26. The highest BCUT2D eigenvalue weighted by atomic mass is 35.5. The highest BCUT2D eigenvalue weighted by Crippen LogP contribution is 2.30. The van der Waals surface area contributed by atoms with Crippen molar-refractivity contribution in [1.82, 2.24) is 0 Å². The van der Waals surface area contributed by atoms with E-state index < -0.39 is 11.7 Å². The molecule has 0 radical (unpaired) electrons. The van der Waals surface area contributed by atoms with E-state index in [9.17, 15) is 13.2 Å². The molecule has 0 spiro atoms. The van der Waals surface area contributed by atoms with Gasteiger partial charge in [-0.2, -0.15) is 13.2 Å². The summed E-state index contributed by atoms with van der Waals surface area (Å²) in [7, 11) is 0. The van der Waals surface area contributed by atoms with Gasteiger partial charge in [0.15, 0.2) is 0 Å². The van der Waals surface area contributed by atoms with Crippen molar-refractivity contribution in [3.63, 3.8) is 0 Å². The Hall–Kier alpha value is -1.48. The second kappa shape index (κ2) is 5.66. The van der Waals surface area contributed by atoms with Crippen LogP contribution in [0.4, 0.5) is 13.2 Å². The molecule has 0 amide bonds. The molecule has 0 aliphatic rings. The highest BCUT2D eigenvalue weighted by Gasteiger charge is 2.29. The molecule has 0 fully saturated rings. The number of benzene rings is 2. The summed E-state index contributed by atoms with van der Waals surface area (Å²) in [5.74, 6) is 0. The molecular weight excluding hydrogens is 273 g/mol. The molecule has 1 atom stereocenters. The van der Waals surface area contributed by atoms with Gasteiger partial charge in [-0.15, -0.1) is 11.6 Å². The van der Waals surface area contributed by atoms with Crippen LogP contribution in [0.2, 0.25) is 0 Å². The van der Waals surface area contributed by atoms with Crippen LogP contribution in [0.3, 0.4) is 0 Å². The van der Waals surface area contributed by atoms with Gasteiger partial charge in [0.1, 0.15) is 0 Å². The minimum absolute atomic E-state index is 0.238. The molecule has 1 unspecified atom stereocenters. The highest BCUT2D eigenvalue weighted by molar-refractivity contribution is 6.20. The van der Waals surface area contributed by atoms with E-state index in [4.69, 9.17) is 11.6 Å². The van der Waals surface area contributed by atoms with Crippen LogP contribution in [-0.2, 0) is 12.6 Å². The van der Waals surface area contributed by atoms with E-state index in [1.54, 1.807) is 0 Å². The fourth-order valence-electron chi connectivity index (χ4n) is 1.82. The second-order valence-corrected chi connectivity index (χ2v) is 4.80. The maximum atomic E-state index is 12.4. The van der Waals surface area contributed by atoms with E-state index in [1.807, 2.05) is 30.3 Å². The molecular formula is C15H12ClF3. The lowest BCUT2D eigenvalue weighted by molar-refractivity contribution is -0.137. The van der Waals surface area contributed by atoms with Crippen LogP contribution in [0.5, 0.6) is 0 Å². The Morgan fingerprint density at radius 2 is 1.47 bits per heavy atom. The molecule has 0 aliphatic heterocycles. The zero-order valence-electron chi connectivity index (χ0n) is 9.99. The number of hydrogen-bond donors (Lipinski definition) is 0. The summed E-state index contributed by atoms with van der Waals surface area (Å²) in [6.45, 7) is 0. The molecule has 0 saturated carbocycles. The normalized spacial score (nSPS) is 13.3. The zero-order valence-corrected chi connectivity index (χ0v) is 10.7. The molecule has 4 heteroatoms. The predicted octanol–water partition coefficient (Wildman–Crippen LogP) is 5.23. The molecule has 100 valence electrons. The number of rotatable bonds is 3. The van der Waals surface area contributed by atoms with E-state index >= 15 is 0 Å². The molecule has 2 aromatic carbocycles. The molecule has 0 aliphatic carbocycles. The van der Waals surface area contributed by atoms with E-state index in [0.717, 1.165) is 23.3 Å². The van der Waals surface area contributed by atoms with Gasteiger partial charge in [0, 0.05) is 0 Å². The number of halogens is 4. The third kappa shape index (κ3) is 3.74. The molecule has 0 nitrogen and oxygen atoms in total. The summed E-state index contributed by atoms with van der Waals surface area (Å²) in [4.78, 5) is 0. The van der Waals surface area contributed by atoms with Gasteiger partial charge in [-0.05, 0) is 29.7 Å². The van der Waals surface area contributed by atoms with Crippen molar-refractivity contribution in [2.75, 3.05) is 0 Å². The Bertz CT molecular complexity index is 517. The first-order valence-corrected chi connectivity index (χ1v) is 6.25. The lowest BCUT2D eigenvalue weighted by atomic mass is 10.0. The molecule has 19 heavy (non-hydrogen) atoms. The maximum absolute atomic E-state index is 12.4. The van der Waals surface area contributed by atoms with Crippen LogP contribution >= 0.6 is 11.6 Å². The van der Waals surface area contributed by atoms with Crippen molar-refractivity contribution >= 4 is 11.6 Å². The van der Waals surface area contributed by atoms with Gasteiger partial charge in [-0.1, -0.05) is 42.5 Å². The number of hydrogen-bond acceptors (Lipinski definition) is 0. The predicted molar refractivity (Wildman–Crippen MR) is 70.2 cm³/mol. The van der Waals surface area contributed by atoms with E-state index in [-0.39, 0.29) is 5.38 Å². The summed E-state index contributed by atoms with van der Waals surface area (Å²) in [5.41, 5.74) is 1.11. The molecule has 0 saturated heterocycles. The fraction of sp³-hybridized carbons (Fsp3) is 0.200. The van der Waals surface area contributed by atoms with Crippen LogP contribution in [0.15, 0.2) is 54.6 Å². The van der Waals surface area contributed by atoms with Gasteiger partial charge in [0.05, 0.1) is 10.9 Å². The monoisotopic (exact) mass is 284 g/mol. The first-order chi connectivity index (χ1) is 8.97. The quantitative estimate of drug-likeness (QED) is 0.677. The van der Waals surface area contributed by atoms with E-state index in [0.29, 0.717) is 6.42 Å². The Morgan fingerprint density at radius 3 is 2.00 bits per heavy atom. The van der Waals surface area contributed by atoms with Crippen molar-refractivity contribution in [3.05, 3.63) is 71.3 Å². The average Bonchev–Trinajstić information content (AvgIpc) is 2.39. The summed E-state index contributed by atoms with van der Waals surface area (Å²) in [6.07, 6.45) is -3.79. The van der Waals surface area contributed by atoms with Crippen molar-refractivity contribution in [2.45, 2.75) is 18.0 Å². The first kappa shape index (κ1) is 13.9. The summed E-state index contributed by atoms with van der Waals surface area (Å²) < 4.78 is 37.3. The Labute approximate surface area is 114 Å². The summed E-state index contributed by atoms with van der Waals surface area (Å²) in [6, 6.07) is 14.6. The lowest BCUT2D eigenvalue weighted by Gasteiger charge is -2.11. The van der Waals surface area contributed by atoms with Crippen LogP contribution in [-0.4, -0.2) is 0 Å². The summed E-state index contributed by atoms with van der Waals surface area (Å²) in [5, 5.41) is -0.238. The maximum Gasteiger partial charge on any atom is 0.416 e. The molecule has 2 rings (SSSR count). The topological polar surface area (TPSA) is 0 Å². The summed E-state index contributed by atoms with van der Waals surface area (Å²) >= 11 is 6.25. The van der Waals surface area contributed by atoms with Gasteiger partial charge >= 0.3 is 6.18 Å². The van der Waals surface area contributed by atoms with Crippen molar-refractivity contribution in [2.24, 2.45) is 0 Å². The van der Waals surface area contributed by atoms with E-state index in [2.05, 4.69) is 0 Å². The SMILES string of the molecule is FC(F)(F)c1ccc(CC(Cl)c2ccccc2)cc1. The third-order valence-electron chi connectivity index (χ3n) is 2.86. The van der Waals surface area contributed by atoms with Gasteiger partial charge in [-0.25, -0.2) is 0 Å². The molecule has 0 heterocycles. The Balaban J connectivity index is 2.08. The Morgan fingerprint density at radius 1 is 0.895 bits per heavy atom. The molecule has 0 N–H and O–H groups in total. The van der Waals surface area contributed by atoms with Gasteiger partial charge in [0.25, 0.3) is 0 Å². The van der Waals surface area contributed by atoms with Gasteiger partial charge < -0.3 is 0 Å². The lowest BCUT2D eigenvalue weighted by Crippen LogP contribution is -2.05. The van der Waals surface area contributed by atoms with Crippen LogP contribution in [0, 0.1) is 0 Å². The fourth-order valence-corrected chi connectivity index (χ4v) is 2.14. The van der Waals surface area contributed by atoms with Gasteiger partial charge in [-0.3, -0.25) is 0 Å². The van der Waals surface area contributed by atoms with Crippen molar-refractivity contribution < 1.29 is 13.2 Å². The van der Waals surface area contributed by atoms with E-state index in [1.165, 1.54) is 12.1 Å². The minimum atomic E-state index is -4.29. The standard InChI is InChI=1S/C15H12ClF3/c16-14(12-4-2-1-3-5-12)10-11-6-8-13(9-7-11)15(17,18)19/h1-9,14H,10H2. The largest absolute Gasteiger partial charge is 0.416 e. The first-order valence-electron chi connectivity index (χ1n) is 5.82. The molecule has 0 aromatic heterocycles. The van der Waals surface area contributed by atoms with Crippen molar-refractivity contribution in [3.8, 4) is 0 Å². The molecule has 2 aromatic rings. The minimum Gasteiger partial charge on any atom is -0.166 e. The zero-order chi connectivity index (χ0) is 13.9. The second-order valence-electron chi connectivity index (χ2n) is 4.28. The van der Waals surface area contributed by atoms with Gasteiger partial charge in [0.2, 0.25) is 0 Å². The van der Waals surface area contributed by atoms with Crippen LogP contribution in [0.1, 0.15) is 22.1 Å².